The lowest BCUT2D eigenvalue weighted by molar-refractivity contribution is -0.138. The smallest absolute Gasteiger partial charge is 0.416 e. The van der Waals surface area contributed by atoms with Crippen molar-refractivity contribution < 1.29 is 27.9 Å². The van der Waals surface area contributed by atoms with Crippen molar-refractivity contribution in [1.82, 2.24) is 0 Å². The van der Waals surface area contributed by atoms with Gasteiger partial charge < -0.3 is 16.2 Å². The van der Waals surface area contributed by atoms with Crippen LogP contribution in [0.5, 0.6) is 0 Å². The number of nitrogens with two attached hydrogens (primary N) is 1. The molecular weight excluding hydrogens is 289 g/mol. The number of benzene rings is 1. The fraction of sp³-hybridized carbons (Fsp3) is 0.385. The van der Waals surface area contributed by atoms with Crippen LogP contribution in [0.3, 0.4) is 0 Å². The van der Waals surface area contributed by atoms with Gasteiger partial charge in [-0.05, 0) is 32.0 Å². The number of carbonyl (C=O) groups is 2. The largest absolute Gasteiger partial charge is 0.481 e. The maximum absolute atomic E-state index is 12.6. The number of amides is 1. The third-order valence-corrected chi connectivity index (χ3v) is 2.68. The predicted octanol–water partition coefficient (Wildman–Crippen LogP) is 2.47. The number of hydrogen-bond acceptors (Lipinski definition) is 3. The quantitative estimate of drug-likeness (QED) is 0.779. The first-order chi connectivity index (χ1) is 9.42. The molecule has 21 heavy (non-hydrogen) atoms. The van der Waals surface area contributed by atoms with Gasteiger partial charge in [0.2, 0.25) is 0 Å². The molecule has 0 spiro atoms. The van der Waals surface area contributed by atoms with Crippen LogP contribution in [-0.2, 0) is 11.0 Å². The zero-order valence-electron chi connectivity index (χ0n) is 11.4. The van der Waals surface area contributed by atoms with E-state index in [4.69, 9.17) is 10.8 Å². The average molecular weight is 304 g/mol. The predicted molar refractivity (Wildman–Crippen MR) is 69.9 cm³/mol. The van der Waals surface area contributed by atoms with Gasteiger partial charge in [0.25, 0.3) is 5.91 Å². The number of nitrogens with one attached hydrogen (secondary N) is 1. The van der Waals surface area contributed by atoms with E-state index in [1.165, 1.54) is 0 Å². The number of halogens is 3. The van der Waals surface area contributed by atoms with E-state index in [1.54, 1.807) is 13.8 Å². The van der Waals surface area contributed by atoms with E-state index in [0.717, 1.165) is 12.1 Å². The second-order valence-corrected chi connectivity index (χ2v) is 5.20. The first-order valence-electron chi connectivity index (χ1n) is 5.93. The average Bonchev–Trinajstić information content (AvgIpc) is 2.24. The maximum atomic E-state index is 12.6. The molecule has 0 heterocycles. The molecule has 0 aromatic heterocycles. The number of anilines is 1. The highest BCUT2D eigenvalue weighted by atomic mass is 19.4. The second kappa shape index (κ2) is 5.63. The number of carboxylic acid groups (broad SMARTS) is 1. The monoisotopic (exact) mass is 304 g/mol. The first kappa shape index (κ1) is 16.8. The molecule has 1 amide bonds. The van der Waals surface area contributed by atoms with Crippen molar-refractivity contribution in [3.05, 3.63) is 29.3 Å². The SMILES string of the molecule is CC(C)(CC(=O)O)Nc1ccc(C(F)(F)F)cc1C(N)=O. The lowest BCUT2D eigenvalue weighted by Crippen LogP contribution is -2.34. The van der Waals surface area contributed by atoms with E-state index >= 15 is 0 Å². The van der Waals surface area contributed by atoms with Crippen LogP contribution < -0.4 is 11.1 Å². The van der Waals surface area contributed by atoms with Crippen molar-refractivity contribution in [1.29, 1.82) is 0 Å². The van der Waals surface area contributed by atoms with E-state index < -0.39 is 29.2 Å². The van der Waals surface area contributed by atoms with Crippen molar-refractivity contribution in [3.8, 4) is 0 Å². The molecule has 0 unspecified atom stereocenters. The summed E-state index contributed by atoms with van der Waals surface area (Å²) < 4.78 is 37.9. The molecule has 0 aliphatic rings. The third kappa shape index (κ3) is 4.66. The lowest BCUT2D eigenvalue weighted by atomic mass is 9.98. The van der Waals surface area contributed by atoms with Crippen LogP contribution in [0.15, 0.2) is 18.2 Å². The van der Waals surface area contributed by atoms with Crippen molar-refractivity contribution in [2.75, 3.05) is 5.32 Å². The number of carbonyl (C=O) groups excluding carboxylic acids is 1. The Morgan fingerprint density at radius 1 is 1.29 bits per heavy atom. The Labute approximate surface area is 118 Å². The minimum absolute atomic E-state index is 0.0572. The summed E-state index contributed by atoms with van der Waals surface area (Å²) in [6, 6.07) is 2.50. The summed E-state index contributed by atoms with van der Waals surface area (Å²) in [5.74, 6) is -2.12. The molecule has 0 bridgehead atoms. The van der Waals surface area contributed by atoms with Gasteiger partial charge in [-0.15, -0.1) is 0 Å². The van der Waals surface area contributed by atoms with E-state index in [1.807, 2.05) is 0 Å². The molecule has 1 aromatic carbocycles. The van der Waals surface area contributed by atoms with Gasteiger partial charge in [-0.25, -0.2) is 0 Å². The molecule has 1 rings (SSSR count). The molecule has 5 nitrogen and oxygen atoms in total. The minimum Gasteiger partial charge on any atom is -0.481 e. The van der Waals surface area contributed by atoms with Crippen LogP contribution in [0.2, 0.25) is 0 Å². The number of alkyl halides is 3. The highest BCUT2D eigenvalue weighted by Gasteiger charge is 2.32. The zero-order valence-corrected chi connectivity index (χ0v) is 11.4. The molecule has 1 aromatic rings. The van der Waals surface area contributed by atoms with E-state index in [2.05, 4.69) is 5.32 Å². The highest BCUT2D eigenvalue weighted by molar-refractivity contribution is 5.98. The summed E-state index contributed by atoms with van der Waals surface area (Å²) in [4.78, 5) is 22.0. The molecule has 0 fully saturated rings. The minimum atomic E-state index is -4.60. The molecule has 0 atom stereocenters. The summed E-state index contributed by atoms with van der Waals surface area (Å²) in [7, 11) is 0. The third-order valence-electron chi connectivity index (χ3n) is 2.68. The Bertz CT molecular complexity index is 568. The van der Waals surface area contributed by atoms with Crippen LogP contribution in [0, 0.1) is 0 Å². The normalized spacial score (nSPS) is 12.0. The topological polar surface area (TPSA) is 92.4 Å². The van der Waals surface area contributed by atoms with Gasteiger partial charge in [0, 0.05) is 11.2 Å². The molecule has 0 radical (unpaired) electrons. The molecular formula is C13H15F3N2O3. The number of carboxylic acids is 1. The zero-order chi connectivity index (χ0) is 16.4. The van der Waals surface area contributed by atoms with Crippen molar-refractivity contribution >= 4 is 17.6 Å². The van der Waals surface area contributed by atoms with Gasteiger partial charge >= 0.3 is 12.1 Å². The number of hydrogen-bond donors (Lipinski definition) is 3. The van der Waals surface area contributed by atoms with E-state index in [9.17, 15) is 22.8 Å². The Kier molecular flexibility index (Phi) is 4.50. The Morgan fingerprint density at radius 2 is 1.86 bits per heavy atom. The summed E-state index contributed by atoms with van der Waals surface area (Å²) >= 11 is 0. The van der Waals surface area contributed by atoms with Gasteiger partial charge in [0.1, 0.15) is 0 Å². The number of aliphatic carboxylic acids is 1. The number of primary amides is 1. The Hall–Kier alpha value is -2.25. The summed E-state index contributed by atoms with van der Waals surface area (Å²) in [6.07, 6.45) is -4.88. The Morgan fingerprint density at radius 3 is 2.29 bits per heavy atom. The maximum Gasteiger partial charge on any atom is 0.416 e. The van der Waals surface area contributed by atoms with E-state index in [-0.39, 0.29) is 17.7 Å². The van der Waals surface area contributed by atoms with Crippen LogP contribution in [0.1, 0.15) is 36.2 Å². The second-order valence-electron chi connectivity index (χ2n) is 5.20. The summed E-state index contributed by atoms with van der Waals surface area (Å²) in [5.41, 5.74) is 2.83. The molecule has 0 aliphatic heterocycles. The standard InChI is InChI=1S/C13H15F3N2O3/c1-12(2,6-10(19)20)18-9-4-3-7(13(14,15)16)5-8(9)11(17)21/h3-5,18H,6H2,1-2H3,(H2,17,21)(H,19,20). The number of rotatable bonds is 5. The van der Waals surface area contributed by atoms with Gasteiger partial charge in [-0.1, -0.05) is 0 Å². The van der Waals surface area contributed by atoms with Gasteiger partial charge in [0.05, 0.1) is 17.5 Å². The fourth-order valence-electron chi connectivity index (χ4n) is 1.82. The highest BCUT2D eigenvalue weighted by Crippen LogP contribution is 2.32. The fourth-order valence-corrected chi connectivity index (χ4v) is 1.82. The molecule has 116 valence electrons. The summed E-state index contributed by atoms with van der Waals surface area (Å²) in [5, 5.41) is 11.5. The van der Waals surface area contributed by atoms with E-state index in [0.29, 0.717) is 6.07 Å². The molecule has 8 heteroatoms. The van der Waals surface area contributed by atoms with Crippen LogP contribution in [0.4, 0.5) is 18.9 Å². The molecule has 0 aliphatic carbocycles. The molecule has 0 saturated heterocycles. The summed E-state index contributed by atoms with van der Waals surface area (Å²) in [6.45, 7) is 3.09. The molecule has 0 saturated carbocycles. The van der Waals surface area contributed by atoms with Gasteiger partial charge in [0.15, 0.2) is 0 Å². The van der Waals surface area contributed by atoms with Gasteiger partial charge in [-0.2, -0.15) is 13.2 Å². The Balaban J connectivity index is 3.19. The van der Waals surface area contributed by atoms with Crippen LogP contribution >= 0.6 is 0 Å². The lowest BCUT2D eigenvalue weighted by Gasteiger charge is -2.27. The van der Waals surface area contributed by atoms with Gasteiger partial charge in [-0.3, -0.25) is 9.59 Å². The molecule has 4 N–H and O–H groups in total. The van der Waals surface area contributed by atoms with Crippen LogP contribution in [0.25, 0.3) is 0 Å². The first-order valence-corrected chi connectivity index (χ1v) is 5.93. The van der Waals surface area contributed by atoms with Crippen molar-refractivity contribution in [2.24, 2.45) is 5.73 Å². The van der Waals surface area contributed by atoms with Crippen LogP contribution in [-0.4, -0.2) is 22.5 Å². The van der Waals surface area contributed by atoms with Crippen molar-refractivity contribution in [2.45, 2.75) is 32.0 Å². The van der Waals surface area contributed by atoms with Crippen molar-refractivity contribution in [3.63, 3.8) is 0 Å².